The van der Waals surface area contributed by atoms with E-state index in [-0.39, 0.29) is 0 Å². The van der Waals surface area contributed by atoms with Crippen LogP contribution in [0.25, 0.3) is 0 Å². The zero-order valence-corrected chi connectivity index (χ0v) is 15.9. The molecule has 1 saturated heterocycles. The van der Waals surface area contributed by atoms with E-state index in [4.69, 9.17) is 9.73 Å². The minimum absolute atomic E-state index is 0.881. The van der Waals surface area contributed by atoms with Crippen molar-refractivity contribution in [3.8, 4) is 5.75 Å². The van der Waals surface area contributed by atoms with E-state index in [0.29, 0.717) is 0 Å². The van der Waals surface area contributed by atoms with Gasteiger partial charge in [-0.3, -0.25) is 4.99 Å². The number of hydrogen-bond acceptors (Lipinski definition) is 3. The Kier molecular flexibility index (Phi) is 9.19. The second-order valence-corrected chi connectivity index (χ2v) is 6.54. The highest BCUT2D eigenvalue weighted by atomic mass is 16.5. The third-order valence-corrected chi connectivity index (χ3v) is 4.56. The van der Waals surface area contributed by atoms with Crippen LogP contribution in [-0.2, 0) is 6.42 Å². The van der Waals surface area contributed by atoms with E-state index in [1.54, 1.807) is 7.11 Å². The summed E-state index contributed by atoms with van der Waals surface area (Å²) < 4.78 is 5.19. The van der Waals surface area contributed by atoms with Gasteiger partial charge in [0.1, 0.15) is 5.75 Å². The van der Waals surface area contributed by atoms with Crippen LogP contribution in [0.5, 0.6) is 5.75 Å². The Morgan fingerprint density at radius 3 is 2.56 bits per heavy atom. The van der Waals surface area contributed by atoms with Crippen LogP contribution >= 0.6 is 0 Å². The number of aliphatic imine (C=N–C) groups is 1. The number of ether oxygens (including phenoxy) is 1. The summed E-state index contributed by atoms with van der Waals surface area (Å²) in [5.74, 6) is 1.83. The summed E-state index contributed by atoms with van der Waals surface area (Å²) in [6.45, 7) is 8.59. The van der Waals surface area contributed by atoms with Gasteiger partial charge in [-0.15, -0.1) is 0 Å². The Hall–Kier alpha value is -1.75. The smallest absolute Gasteiger partial charge is 0.191 e. The molecule has 0 bridgehead atoms. The van der Waals surface area contributed by atoms with Crippen LogP contribution in [-0.4, -0.2) is 57.2 Å². The van der Waals surface area contributed by atoms with Gasteiger partial charge < -0.3 is 20.3 Å². The summed E-state index contributed by atoms with van der Waals surface area (Å²) in [5.41, 5.74) is 1.30. The van der Waals surface area contributed by atoms with Gasteiger partial charge in [0.15, 0.2) is 5.96 Å². The predicted octanol–water partition coefficient (Wildman–Crippen LogP) is 2.67. The molecule has 1 heterocycles. The van der Waals surface area contributed by atoms with Crippen molar-refractivity contribution in [1.82, 2.24) is 15.5 Å². The van der Waals surface area contributed by atoms with Gasteiger partial charge in [-0.1, -0.05) is 12.1 Å². The highest BCUT2D eigenvalue weighted by molar-refractivity contribution is 5.79. The van der Waals surface area contributed by atoms with E-state index in [9.17, 15) is 0 Å². The maximum absolute atomic E-state index is 5.19. The number of rotatable bonds is 10. The Labute approximate surface area is 152 Å². The van der Waals surface area contributed by atoms with E-state index in [1.165, 1.54) is 44.5 Å². The van der Waals surface area contributed by atoms with Gasteiger partial charge in [0.05, 0.1) is 7.11 Å². The lowest BCUT2D eigenvalue weighted by molar-refractivity contribution is 0.331. The zero-order chi connectivity index (χ0) is 17.7. The molecule has 2 rings (SSSR count). The van der Waals surface area contributed by atoms with E-state index in [1.807, 2.05) is 12.1 Å². The van der Waals surface area contributed by atoms with Gasteiger partial charge in [0.25, 0.3) is 0 Å². The molecule has 1 aromatic rings. The Morgan fingerprint density at radius 1 is 1.12 bits per heavy atom. The van der Waals surface area contributed by atoms with Gasteiger partial charge >= 0.3 is 0 Å². The van der Waals surface area contributed by atoms with E-state index in [0.717, 1.165) is 44.2 Å². The number of methoxy groups -OCH3 is 1. The van der Waals surface area contributed by atoms with Crippen molar-refractivity contribution in [1.29, 1.82) is 0 Å². The summed E-state index contributed by atoms with van der Waals surface area (Å²) in [6.07, 6.45) is 6.13. The fraction of sp³-hybridized carbons (Fsp3) is 0.650. The molecule has 0 radical (unpaired) electrons. The number of guanidine groups is 1. The van der Waals surface area contributed by atoms with Gasteiger partial charge in [-0.2, -0.15) is 0 Å². The molecule has 140 valence electrons. The Bertz CT molecular complexity index is 495. The number of hydrogen-bond donors (Lipinski definition) is 2. The largest absolute Gasteiger partial charge is 0.497 e. The van der Waals surface area contributed by atoms with Crippen LogP contribution in [0.2, 0.25) is 0 Å². The predicted molar refractivity (Wildman–Crippen MR) is 106 cm³/mol. The van der Waals surface area contributed by atoms with Crippen molar-refractivity contribution in [3.63, 3.8) is 0 Å². The molecule has 0 saturated carbocycles. The van der Waals surface area contributed by atoms with Crippen LogP contribution in [0.4, 0.5) is 0 Å². The van der Waals surface area contributed by atoms with Crippen LogP contribution in [0.1, 0.15) is 38.2 Å². The van der Waals surface area contributed by atoms with Crippen LogP contribution < -0.4 is 15.4 Å². The molecule has 25 heavy (non-hydrogen) atoms. The molecule has 0 aromatic heterocycles. The fourth-order valence-electron chi connectivity index (χ4n) is 3.10. The van der Waals surface area contributed by atoms with Crippen LogP contribution in [0.3, 0.4) is 0 Å². The molecule has 5 heteroatoms. The average molecular weight is 347 g/mol. The number of likely N-dealkylation sites (tertiary alicyclic amines) is 1. The van der Waals surface area contributed by atoms with Crippen molar-refractivity contribution in [2.24, 2.45) is 4.99 Å². The SMILES string of the molecule is CCNC(=NCCCCN1CCCC1)NCCc1ccc(OC)cc1. The first-order valence-electron chi connectivity index (χ1n) is 9.69. The second-order valence-electron chi connectivity index (χ2n) is 6.54. The summed E-state index contributed by atoms with van der Waals surface area (Å²) in [5, 5.41) is 6.75. The third-order valence-electron chi connectivity index (χ3n) is 4.56. The average Bonchev–Trinajstić information content (AvgIpc) is 3.15. The summed E-state index contributed by atoms with van der Waals surface area (Å²) in [4.78, 5) is 7.26. The molecule has 1 aliphatic heterocycles. The second kappa shape index (κ2) is 11.7. The highest BCUT2D eigenvalue weighted by Crippen LogP contribution is 2.11. The van der Waals surface area contributed by atoms with Gasteiger partial charge in [0.2, 0.25) is 0 Å². The van der Waals surface area contributed by atoms with E-state index in [2.05, 4.69) is 34.6 Å². The molecule has 0 atom stereocenters. The van der Waals surface area contributed by atoms with Gasteiger partial charge in [0, 0.05) is 19.6 Å². The minimum Gasteiger partial charge on any atom is -0.497 e. The summed E-state index contributed by atoms with van der Waals surface area (Å²) in [7, 11) is 1.70. The quantitative estimate of drug-likeness (QED) is 0.388. The first kappa shape index (κ1) is 19.6. The molecule has 1 fully saturated rings. The van der Waals surface area contributed by atoms with Crippen molar-refractivity contribution in [2.75, 3.05) is 46.4 Å². The van der Waals surface area contributed by atoms with Gasteiger partial charge in [-0.25, -0.2) is 0 Å². The molecule has 2 N–H and O–H groups in total. The monoisotopic (exact) mass is 346 g/mol. The molecule has 1 aromatic carbocycles. The molecule has 5 nitrogen and oxygen atoms in total. The van der Waals surface area contributed by atoms with Crippen molar-refractivity contribution >= 4 is 5.96 Å². The number of nitrogens with zero attached hydrogens (tertiary/aromatic N) is 2. The van der Waals surface area contributed by atoms with E-state index >= 15 is 0 Å². The third kappa shape index (κ3) is 7.78. The standard InChI is InChI=1S/C20H34N4O/c1-3-21-20(22-13-4-5-15-24-16-6-7-17-24)23-14-12-18-8-10-19(25-2)11-9-18/h8-11H,3-7,12-17H2,1-2H3,(H2,21,22,23). The number of benzene rings is 1. The van der Waals surface area contributed by atoms with Crippen LogP contribution in [0.15, 0.2) is 29.3 Å². The Morgan fingerprint density at radius 2 is 1.88 bits per heavy atom. The molecule has 0 amide bonds. The van der Waals surface area contributed by atoms with Gasteiger partial charge in [-0.05, 0) is 76.4 Å². The maximum Gasteiger partial charge on any atom is 0.191 e. The fourth-order valence-corrected chi connectivity index (χ4v) is 3.10. The van der Waals surface area contributed by atoms with Crippen LogP contribution in [0, 0.1) is 0 Å². The zero-order valence-electron chi connectivity index (χ0n) is 15.9. The first-order chi connectivity index (χ1) is 12.3. The minimum atomic E-state index is 0.881. The molecule has 1 aliphatic rings. The maximum atomic E-state index is 5.19. The molecular formula is C20H34N4O. The molecule has 0 unspecified atom stereocenters. The highest BCUT2D eigenvalue weighted by Gasteiger charge is 2.09. The van der Waals surface area contributed by atoms with E-state index < -0.39 is 0 Å². The molecule has 0 aliphatic carbocycles. The topological polar surface area (TPSA) is 48.9 Å². The number of unbranched alkanes of at least 4 members (excludes halogenated alkanes) is 1. The lowest BCUT2D eigenvalue weighted by atomic mass is 10.1. The van der Waals surface area contributed by atoms with Crippen molar-refractivity contribution < 1.29 is 4.74 Å². The summed E-state index contributed by atoms with van der Waals surface area (Å²) >= 11 is 0. The van der Waals surface area contributed by atoms with Crippen molar-refractivity contribution in [3.05, 3.63) is 29.8 Å². The Balaban J connectivity index is 1.63. The molecular weight excluding hydrogens is 312 g/mol. The number of nitrogens with one attached hydrogen (secondary N) is 2. The lowest BCUT2D eigenvalue weighted by Gasteiger charge is -2.14. The first-order valence-corrected chi connectivity index (χ1v) is 9.69. The molecule has 0 spiro atoms. The van der Waals surface area contributed by atoms with Crippen molar-refractivity contribution in [2.45, 2.75) is 39.0 Å². The normalized spacial score (nSPS) is 15.4. The summed E-state index contributed by atoms with van der Waals surface area (Å²) in [6, 6.07) is 8.25. The lowest BCUT2D eigenvalue weighted by Crippen LogP contribution is -2.38.